The van der Waals surface area contributed by atoms with Crippen LogP contribution in [0.15, 0.2) is 0 Å². The van der Waals surface area contributed by atoms with Gasteiger partial charge in [-0.1, -0.05) is 13.8 Å². The fourth-order valence-corrected chi connectivity index (χ4v) is 3.43. The van der Waals surface area contributed by atoms with Crippen molar-refractivity contribution in [2.24, 2.45) is 0 Å². The summed E-state index contributed by atoms with van der Waals surface area (Å²) in [6.07, 6.45) is 0.523. The van der Waals surface area contributed by atoms with Crippen molar-refractivity contribution in [2.45, 2.75) is 26.3 Å². The molecule has 1 aliphatic heterocycles. The molecule has 0 aromatic carbocycles. The molecule has 30 heavy (non-hydrogen) atoms. The lowest BCUT2D eigenvalue weighted by atomic mass is 10.2. The summed E-state index contributed by atoms with van der Waals surface area (Å²) in [4.78, 5) is 44.2. The fraction of sp³-hybridized carbons (Fsp3) is 0.850. The van der Waals surface area contributed by atoms with Crippen molar-refractivity contribution >= 4 is 17.8 Å². The fourth-order valence-electron chi connectivity index (χ4n) is 3.43. The van der Waals surface area contributed by atoms with E-state index >= 15 is 0 Å². The van der Waals surface area contributed by atoms with Crippen LogP contribution < -0.4 is 10.6 Å². The van der Waals surface area contributed by atoms with Gasteiger partial charge in [-0.3, -0.25) is 24.2 Å². The van der Waals surface area contributed by atoms with Crippen molar-refractivity contribution in [3.05, 3.63) is 0 Å². The third-order valence-corrected chi connectivity index (χ3v) is 5.54. The first kappa shape index (κ1) is 26.3. The van der Waals surface area contributed by atoms with E-state index in [4.69, 9.17) is 0 Å². The third kappa shape index (κ3) is 10.3. The second-order valence-electron chi connectivity index (χ2n) is 7.83. The summed E-state index contributed by atoms with van der Waals surface area (Å²) in [5.41, 5.74) is 0. The predicted molar refractivity (Wildman–Crippen MR) is 116 cm³/mol. The highest BCUT2D eigenvalue weighted by Crippen LogP contribution is 2.00. The number of aliphatic carboxylic acids is 1. The molecule has 0 aliphatic carbocycles. The molecule has 1 saturated heterocycles. The molecule has 10 nitrogen and oxygen atoms in total. The van der Waals surface area contributed by atoms with Crippen molar-refractivity contribution in [3.63, 3.8) is 0 Å². The molecule has 2 amide bonds. The topological polar surface area (TPSA) is 108 Å². The molecule has 1 rings (SSSR count). The van der Waals surface area contributed by atoms with Crippen molar-refractivity contribution in [2.75, 3.05) is 86.1 Å². The molecule has 10 heteroatoms. The summed E-state index contributed by atoms with van der Waals surface area (Å²) in [6.45, 7) is 11.1. The van der Waals surface area contributed by atoms with E-state index in [0.29, 0.717) is 32.6 Å². The maximum Gasteiger partial charge on any atom is 0.317 e. The zero-order chi connectivity index (χ0) is 22.5. The molecule has 0 saturated carbocycles. The largest absolute Gasteiger partial charge is 0.480 e. The van der Waals surface area contributed by atoms with E-state index in [-0.39, 0.29) is 24.9 Å². The number of carboxylic acid groups (broad SMARTS) is 1. The van der Waals surface area contributed by atoms with E-state index in [1.54, 1.807) is 7.05 Å². The van der Waals surface area contributed by atoms with Gasteiger partial charge in [-0.25, -0.2) is 0 Å². The molecule has 1 heterocycles. The standard InChI is InChI=1S/C20H40N6O4/c1-5-17(20(30)21-3)22-18(27)15-25-12-11-24(6-2)9-7-23(4)8-10-26(14-13-25)16-19(28)29/h17H,5-16H2,1-4H3,(H,21,30)(H,22,27)(H,28,29). The minimum atomic E-state index is -0.845. The number of nitrogens with one attached hydrogen (secondary N) is 2. The van der Waals surface area contributed by atoms with Gasteiger partial charge in [-0.2, -0.15) is 0 Å². The monoisotopic (exact) mass is 428 g/mol. The average Bonchev–Trinajstić information content (AvgIpc) is 2.71. The molecular weight excluding hydrogens is 388 g/mol. The molecule has 0 aromatic rings. The van der Waals surface area contributed by atoms with Gasteiger partial charge in [0.2, 0.25) is 11.8 Å². The molecule has 1 atom stereocenters. The van der Waals surface area contributed by atoms with Gasteiger partial charge in [0.05, 0.1) is 13.1 Å². The summed E-state index contributed by atoms with van der Waals surface area (Å²) in [7, 11) is 3.62. The van der Waals surface area contributed by atoms with E-state index < -0.39 is 12.0 Å². The smallest absolute Gasteiger partial charge is 0.317 e. The maximum atomic E-state index is 12.6. The lowest BCUT2D eigenvalue weighted by molar-refractivity contribution is -0.138. The van der Waals surface area contributed by atoms with Crippen LogP contribution in [-0.4, -0.2) is 135 Å². The maximum absolute atomic E-state index is 12.6. The van der Waals surface area contributed by atoms with E-state index in [1.165, 1.54) is 0 Å². The molecule has 1 fully saturated rings. The second kappa shape index (κ2) is 14.3. The number of likely N-dealkylation sites (N-methyl/N-ethyl adjacent to an activating group) is 3. The van der Waals surface area contributed by atoms with Crippen LogP contribution in [0, 0.1) is 0 Å². The van der Waals surface area contributed by atoms with Gasteiger partial charge >= 0.3 is 5.97 Å². The Morgan fingerprint density at radius 1 is 0.867 bits per heavy atom. The summed E-state index contributed by atoms with van der Waals surface area (Å²) in [5, 5.41) is 14.6. The number of hydrogen-bond donors (Lipinski definition) is 3. The molecule has 0 spiro atoms. The van der Waals surface area contributed by atoms with E-state index in [0.717, 1.165) is 32.7 Å². The quantitative estimate of drug-likeness (QED) is 0.433. The zero-order valence-corrected chi connectivity index (χ0v) is 19.0. The first-order chi connectivity index (χ1) is 14.3. The normalized spacial score (nSPS) is 20.0. The highest BCUT2D eigenvalue weighted by molar-refractivity contribution is 5.88. The van der Waals surface area contributed by atoms with Crippen molar-refractivity contribution in [3.8, 4) is 0 Å². The Morgan fingerprint density at radius 3 is 1.87 bits per heavy atom. The molecular formula is C20H40N6O4. The molecule has 0 radical (unpaired) electrons. The SMILES string of the molecule is CCC(NC(=O)CN1CCN(CC)CCN(C)CCN(CC(=O)O)CC1)C(=O)NC. The van der Waals surface area contributed by atoms with Gasteiger partial charge in [-0.15, -0.1) is 0 Å². The Balaban J connectivity index is 2.79. The molecule has 1 unspecified atom stereocenters. The zero-order valence-electron chi connectivity index (χ0n) is 19.0. The number of carboxylic acids is 1. The van der Waals surface area contributed by atoms with E-state index in [2.05, 4.69) is 39.3 Å². The van der Waals surface area contributed by atoms with Crippen molar-refractivity contribution in [1.82, 2.24) is 30.2 Å². The second-order valence-corrected chi connectivity index (χ2v) is 7.83. The van der Waals surface area contributed by atoms with E-state index in [1.807, 2.05) is 11.8 Å². The van der Waals surface area contributed by atoms with Crippen LogP contribution in [0.4, 0.5) is 0 Å². The van der Waals surface area contributed by atoms with Crippen LogP contribution in [-0.2, 0) is 14.4 Å². The van der Waals surface area contributed by atoms with Gasteiger partial charge in [-0.05, 0) is 20.0 Å². The lowest BCUT2D eigenvalue weighted by Gasteiger charge is -2.32. The molecule has 174 valence electrons. The number of carbonyl (C=O) groups is 3. The number of amides is 2. The van der Waals surface area contributed by atoms with Crippen LogP contribution in [0.5, 0.6) is 0 Å². The van der Waals surface area contributed by atoms with Crippen LogP contribution in [0.3, 0.4) is 0 Å². The number of rotatable bonds is 8. The van der Waals surface area contributed by atoms with Gasteiger partial charge < -0.3 is 25.5 Å². The Labute approximate surface area is 180 Å². The first-order valence-electron chi connectivity index (χ1n) is 10.9. The number of hydrogen-bond acceptors (Lipinski definition) is 7. The Hall–Kier alpha value is -1.75. The summed E-state index contributed by atoms with van der Waals surface area (Å²) >= 11 is 0. The van der Waals surface area contributed by atoms with Crippen LogP contribution in [0.2, 0.25) is 0 Å². The minimum absolute atomic E-state index is 0.0104. The van der Waals surface area contributed by atoms with E-state index in [9.17, 15) is 19.5 Å². The van der Waals surface area contributed by atoms with Crippen molar-refractivity contribution < 1.29 is 19.5 Å². The summed E-state index contributed by atoms with van der Waals surface area (Å²) in [6, 6.07) is -0.541. The molecule has 0 bridgehead atoms. The number of nitrogens with zero attached hydrogens (tertiary/aromatic N) is 4. The van der Waals surface area contributed by atoms with Gasteiger partial charge in [0.15, 0.2) is 0 Å². The minimum Gasteiger partial charge on any atom is -0.480 e. The number of carbonyl (C=O) groups excluding carboxylic acids is 2. The summed E-state index contributed by atoms with van der Waals surface area (Å²) in [5.74, 6) is -1.24. The first-order valence-corrected chi connectivity index (χ1v) is 10.9. The molecule has 3 N–H and O–H groups in total. The van der Waals surface area contributed by atoms with Crippen LogP contribution in [0.25, 0.3) is 0 Å². The van der Waals surface area contributed by atoms with Gasteiger partial charge in [0, 0.05) is 59.4 Å². The Morgan fingerprint density at radius 2 is 1.37 bits per heavy atom. The Bertz CT molecular complexity index is 547. The van der Waals surface area contributed by atoms with Crippen LogP contribution in [0.1, 0.15) is 20.3 Å². The Kier molecular flexibility index (Phi) is 12.5. The van der Waals surface area contributed by atoms with Crippen LogP contribution >= 0.6 is 0 Å². The van der Waals surface area contributed by atoms with Gasteiger partial charge in [0.25, 0.3) is 0 Å². The van der Waals surface area contributed by atoms with Gasteiger partial charge in [0.1, 0.15) is 6.04 Å². The molecule has 0 aromatic heterocycles. The van der Waals surface area contributed by atoms with Crippen molar-refractivity contribution in [1.29, 1.82) is 0 Å². The lowest BCUT2D eigenvalue weighted by Crippen LogP contribution is -2.51. The third-order valence-electron chi connectivity index (χ3n) is 5.54. The predicted octanol–water partition coefficient (Wildman–Crippen LogP) is -1.42. The highest BCUT2D eigenvalue weighted by atomic mass is 16.4. The average molecular weight is 429 g/mol. The highest BCUT2D eigenvalue weighted by Gasteiger charge is 2.21. The molecule has 1 aliphatic rings. The summed E-state index contributed by atoms with van der Waals surface area (Å²) < 4.78 is 0.